The summed E-state index contributed by atoms with van der Waals surface area (Å²) < 4.78 is 0. The average molecular weight is 913 g/mol. The SMILES string of the molecule is Cc1c(-c2ccc(-c3cc(-c4ccccn4)nc(-c4ccccn4)c3)cc2)c(C)[c-](C)c1C.Cc1c(-c2ccc(-c3cc(-c4ccccn4)nc(-c4ccccn4)c3)cc2)c(C)[c-](C)c1C.[Fe]. The maximum atomic E-state index is 4.88. The van der Waals surface area contributed by atoms with Gasteiger partial charge in [-0.05, 0) is 95.1 Å². The van der Waals surface area contributed by atoms with Crippen LogP contribution in [0.3, 0.4) is 0 Å². The molecule has 0 aliphatic carbocycles. The fourth-order valence-electron chi connectivity index (χ4n) is 8.94. The molecule has 10 aromatic rings. The van der Waals surface area contributed by atoms with Crippen molar-refractivity contribution in [1.29, 1.82) is 0 Å². The van der Waals surface area contributed by atoms with Gasteiger partial charge in [0, 0.05) is 41.9 Å². The molecule has 10 rings (SSSR count). The first-order valence-corrected chi connectivity index (χ1v) is 22.4. The van der Waals surface area contributed by atoms with Gasteiger partial charge in [-0.2, -0.15) is 55.6 Å². The van der Waals surface area contributed by atoms with Crippen molar-refractivity contribution in [3.63, 3.8) is 0 Å². The zero-order valence-corrected chi connectivity index (χ0v) is 40.3. The van der Waals surface area contributed by atoms with Crippen molar-refractivity contribution >= 4 is 0 Å². The third kappa shape index (κ3) is 9.48. The standard InChI is InChI=1S/2C30H26N3.Fe/c2*1-19-20(2)22(4)30(21(19)3)24-13-11-23(12-14-24)25-17-28(26-9-5-7-15-31-26)33-29(18-25)27-10-6-8-16-32-27;/h2*5-18H,1-4H3;/q2*-1;. The minimum atomic E-state index is 0. The van der Waals surface area contributed by atoms with Crippen molar-refractivity contribution in [3.8, 4) is 90.1 Å². The molecule has 0 radical (unpaired) electrons. The van der Waals surface area contributed by atoms with E-state index in [1.807, 2.05) is 72.8 Å². The van der Waals surface area contributed by atoms with Crippen molar-refractivity contribution < 1.29 is 17.1 Å². The minimum Gasteiger partial charge on any atom is -0.255 e. The molecule has 0 bridgehead atoms. The monoisotopic (exact) mass is 912 g/mol. The summed E-state index contributed by atoms with van der Waals surface area (Å²) in [5.41, 5.74) is 27.5. The molecule has 0 fully saturated rings. The van der Waals surface area contributed by atoms with Crippen molar-refractivity contribution in [3.05, 3.63) is 215 Å². The molecule has 7 heteroatoms. The number of rotatable bonds is 8. The number of nitrogens with zero attached hydrogens (tertiary/aromatic N) is 6. The Balaban J connectivity index is 0.000000179. The summed E-state index contributed by atoms with van der Waals surface area (Å²) in [6.45, 7) is 17.7. The minimum absolute atomic E-state index is 0. The molecule has 6 aromatic heterocycles. The van der Waals surface area contributed by atoms with E-state index in [0.717, 1.165) is 67.8 Å². The Labute approximate surface area is 405 Å². The molecule has 0 saturated carbocycles. The van der Waals surface area contributed by atoms with Gasteiger partial charge in [0.05, 0.1) is 45.6 Å². The molecular weight excluding hydrogens is 861 g/mol. The number of aromatic nitrogens is 6. The van der Waals surface area contributed by atoms with E-state index in [1.54, 1.807) is 24.8 Å². The van der Waals surface area contributed by atoms with Gasteiger partial charge in [0.2, 0.25) is 0 Å². The smallest absolute Gasteiger partial charge is 0.0900 e. The molecule has 0 spiro atoms. The van der Waals surface area contributed by atoms with E-state index in [9.17, 15) is 0 Å². The zero-order chi connectivity index (χ0) is 45.9. The predicted molar refractivity (Wildman–Crippen MR) is 272 cm³/mol. The van der Waals surface area contributed by atoms with Crippen molar-refractivity contribution in [2.75, 3.05) is 0 Å². The number of benzene rings is 2. The molecule has 0 unspecified atom stereocenters. The molecule has 67 heavy (non-hydrogen) atoms. The Hall–Kier alpha value is -7.44. The summed E-state index contributed by atoms with van der Waals surface area (Å²) in [4.78, 5) is 27.8. The first kappa shape index (κ1) is 46.1. The third-order valence-corrected chi connectivity index (χ3v) is 13.2. The zero-order valence-electron chi connectivity index (χ0n) is 39.2. The molecule has 6 heterocycles. The number of hydrogen-bond donors (Lipinski definition) is 0. The van der Waals surface area contributed by atoms with E-state index in [2.05, 4.69) is 148 Å². The molecule has 0 aliphatic heterocycles. The topological polar surface area (TPSA) is 77.3 Å². The maximum Gasteiger partial charge on any atom is 0.0900 e. The summed E-state index contributed by atoms with van der Waals surface area (Å²) in [6, 6.07) is 49.7. The van der Waals surface area contributed by atoms with Crippen molar-refractivity contribution in [2.24, 2.45) is 0 Å². The van der Waals surface area contributed by atoms with Gasteiger partial charge in [-0.3, -0.25) is 19.9 Å². The Morgan fingerprint density at radius 1 is 0.299 bits per heavy atom. The maximum absolute atomic E-state index is 4.88. The quantitative estimate of drug-likeness (QED) is 0.112. The van der Waals surface area contributed by atoms with Crippen LogP contribution in [0.1, 0.15) is 44.5 Å². The second-order valence-corrected chi connectivity index (χ2v) is 17.0. The summed E-state index contributed by atoms with van der Waals surface area (Å²) in [6.07, 6.45) is 7.20. The van der Waals surface area contributed by atoms with E-state index >= 15 is 0 Å². The van der Waals surface area contributed by atoms with Gasteiger partial charge in [-0.15, -0.1) is 0 Å². The van der Waals surface area contributed by atoms with Gasteiger partial charge in [0.25, 0.3) is 0 Å². The van der Waals surface area contributed by atoms with Crippen molar-refractivity contribution in [2.45, 2.75) is 55.4 Å². The molecule has 0 atom stereocenters. The first-order valence-electron chi connectivity index (χ1n) is 22.4. The largest absolute Gasteiger partial charge is 0.255 e. The van der Waals surface area contributed by atoms with Gasteiger partial charge in [0.1, 0.15) is 0 Å². The van der Waals surface area contributed by atoms with Crippen LogP contribution in [0.15, 0.2) is 170 Å². The third-order valence-electron chi connectivity index (χ3n) is 13.2. The fourth-order valence-corrected chi connectivity index (χ4v) is 8.94. The second-order valence-electron chi connectivity index (χ2n) is 17.0. The fraction of sp³-hybridized carbons (Fsp3) is 0.133. The van der Waals surface area contributed by atoms with Gasteiger partial charge in [-0.1, -0.05) is 139 Å². The number of hydrogen-bond acceptors (Lipinski definition) is 6. The Bertz CT molecular complexity index is 2890. The molecule has 6 nitrogen and oxygen atoms in total. The second kappa shape index (κ2) is 20.0. The van der Waals surface area contributed by atoms with E-state index in [-0.39, 0.29) is 17.1 Å². The van der Waals surface area contributed by atoms with Crippen LogP contribution < -0.4 is 0 Å². The number of pyridine rings is 6. The van der Waals surface area contributed by atoms with Gasteiger partial charge in [-0.25, -0.2) is 9.97 Å². The predicted octanol–water partition coefficient (Wildman–Crippen LogP) is 15.0. The van der Waals surface area contributed by atoms with E-state index in [0.29, 0.717) is 0 Å². The summed E-state index contributed by atoms with van der Waals surface area (Å²) in [7, 11) is 0. The molecule has 332 valence electrons. The molecule has 0 N–H and O–H groups in total. The van der Waals surface area contributed by atoms with Gasteiger partial charge in [0.15, 0.2) is 0 Å². The van der Waals surface area contributed by atoms with E-state index in [1.165, 1.54) is 66.8 Å². The summed E-state index contributed by atoms with van der Waals surface area (Å²) >= 11 is 0. The Morgan fingerprint density at radius 3 is 0.791 bits per heavy atom. The van der Waals surface area contributed by atoms with Crippen LogP contribution in [-0.2, 0) is 17.1 Å². The van der Waals surface area contributed by atoms with E-state index < -0.39 is 0 Å². The normalized spacial score (nSPS) is 10.9. The van der Waals surface area contributed by atoms with Crippen LogP contribution in [0.25, 0.3) is 90.1 Å². The van der Waals surface area contributed by atoms with Crippen LogP contribution in [0, 0.1) is 55.4 Å². The van der Waals surface area contributed by atoms with Crippen LogP contribution in [0.4, 0.5) is 0 Å². The van der Waals surface area contributed by atoms with Gasteiger partial charge >= 0.3 is 0 Å². The van der Waals surface area contributed by atoms with Crippen LogP contribution in [-0.4, -0.2) is 29.9 Å². The Kier molecular flexibility index (Phi) is 13.7. The van der Waals surface area contributed by atoms with E-state index in [4.69, 9.17) is 9.97 Å². The summed E-state index contributed by atoms with van der Waals surface area (Å²) in [5.74, 6) is 0. The van der Waals surface area contributed by atoms with Gasteiger partial charge < -0.3 is 0 Å². The molecule has 4 aromatic carbocycles. The molecule has 0 amide bonds. The Morgan fingerprint density at radius 2 is 0.567 bits per heavy atom. The average Bonchev–Trinajstić information content (AvgIpc) is 3.70. The molecular formula is C60H52FeN6-2. The summed E-state index contributed by atoms with van der Waals surface area (Å²) in [5, 5.41) is 0. The molecule has 0 saturated heterocycles. The first-order chi connectivity index (χ1) is 32.0. The van der Waals surface area contributed by atoms with Crippen LogP contribution in [0.5, 0.6) is 0 Å². The van der Waals surface area contributed by atoms with Crippen molar-refractivity contribution in [1.82, 2.24) is 29.9 Å². The molecule has 0 aliphatic rings. The van der Waals surface area contributed by atoms with Crippen LogP contribution in [0.2, 0.25) is 0 Å². The van der Waals surface area contributed by atoms with Crippen LogP contribution >= 0.6 is 0 Å².